The number of carbonyl (C=O) groups excluding carboxylic acids is 2. The highest BCUT2D eigenvalue weighted by Crippen LogP contribution is 2.30. The van der Waals surface area contributed by atoms with Crippen molar-refractivity contribution in [2.45, 2.75) is 18.2 Å². The van der Waals surface area contributed by atoms with Crippen LogP contribution in [0.1, 0.15) is 12.5 Å². The molecule has 0 atom stereocenters. The Morgan fingerprint density at radius 2 is 1.83 bits per heavy atom. The van der Waals surface area contributed by atoms with E-state index in [1.807, 2.05) is 4.90 Å². The van der Waals surface area contributed by atoms with E-state index in [4.69, 9.17) is 0 Å². The number of rotatable bonds is 4. The van der Waals surface area contributed by atoms with Crippen molar-refractivity contribution in [3.63, 3.8) is 0 Å². The summed E-state index contributed by atoms with van der Waals surface area (Å²) in [4.78, 5) is 26.7. The van der Waals surface area contributed by atoms with Crippen LogP contribution in [-0.4, -0.2) is 69.1 Å². The van der Waals surface area contributed by atoms with E-state index in [-0.39, 0.29) is 23.0 Å². The molecule has 1 aromatic carbocycles. The molecule has 1 saturated heterocycles. The molecule has 0 aromatic heterocycles. The van der Waals surface area contributed by atoms with Crippen molar-refractivity contribution >= 4 is 27.4 Å². The predicted octanol–water partition coefficient (Wildman–Crippen LogP) is 0.101. The van der Waals surface area contributed by atoms with Crippen LogP contribution in [0.3, 0.4) is 0 Å². The van der Waals surface area contributed by atoms with Gasteiger partial charge in [0.05, 0.1) is 17.9 Å². The quantitative estimate of drug-likeness (QED) is 0.769. The number of piperazine rings is 1. The van der Waals surface area contributed by atoms with E-state index >= 15 is 0 Å². The van der Waals surface area contributed by atoms with Gasteiger partial charge in [0.15, 0.2) is 0 Å². The van der Waals surface area contributed by atoms with Crippen molar-refractivity contribution in [1.82, 2.24) is 9.21 Å². The van der Waals surface area contributed by atoms with Gasteiger partial charge in [-0.15, -0.1) is 0 Å². The van der Waals surface area contributed by atoms with Gasteiger partial charge in [-0.25, -0.2) is 8.42 Å². The smallest absolute Gasteiger partial charge is 0.243 e. The number of ketones is 1. The third-order valence-electron chi connectivity index (χ3n) is 4.54. The minimum absolute atomic E-state index is 0.0302. The van der Waals surface area contributed by atoms with Crippen LogP contribution in [0.2, 0.25) is 0 Å². The van der Waals surface area contributed by atoms with Crippen LogP contribution in [0.25, 0.3) is 0 Å². The summed E-state index contributed by atoms with van der Waals surface area (Å²) in [5, 5.41) is 0. The molecule has 0 bridgehead atoms. The van der Waals surface area contributed by atoms with Gasteiger partial charge in [0.1, 0.15) is 5.78 Å². The number of anilines is 1. The molecule has 0 saturated carbocycles. The Morgan fingerprint density at radius 3 is 2.46 bits per heavy atom. The number of benzene rings is 1. The second-order valence-corrected chi connectivity index (χ2v) is 8.24. The number of hydrogen-bond acceptors (Lipinski definition) is 5. The Bertz CT molecular complexity index is 783. The molecule has 0 unspecified atom stereocenters. The molecule has 2 heterocycles. The molecule has 1 aromatic rings. The first kappa shape index (κ1) is 17.1. The molecular weight excluding hydrogens is 330 g/mol. The first-order chi connectivity index (χ1) is 11.3. The molecule has 1 fully saturated rings. The van der Waals surface area contributed by atoms with Crippen LogP contribution in [0.15, 0.2) is 23.1 Å². The molecular formula is C16H21N3O4S. The number of fused-ring (bicyclic) bond motifs is 1. The van der Waals surface area contributed by atoms with E-state index in [2.05, 4.69) is 0 Å². The molecule has 24 heavy (non-hydrogen) atoms. The summed E-state index contributed by atoms with van der Waals surface area (Å²) in [6.45, 7) is 3.72. The number of nitrogens with zero attached hydrogens (tertiary/aromatic N) is 3. The standard InChI is InChI=1S/C16H21N3O4S/c1-12(20)11-18-5-7-19(8-6-18)24(22,23)14-3-4-15-13(9-14)10-16(21)17(15)2/h3-4,9H,5-8,10-11H2,1-2H3. The second kappa shape index (κ2) is 6.27. The maximum atomic E-state index is 12.8. The van der Waals surface area contributed by atoms with Crippen LogP contribution < -0.4 is 4.90 Å². The van der Waals surface area contributed by atoms with Crippen LogP contribution in [0, 0.1) is 0 Å². The van der Waals surface area contributed by atoms with E-state index in [1.54, 1.807) is 30.1 Å². The molecule has 0 radical (unpaired) electrons. The summed E-state index contributed by atoms with van der Waals surface area (Å²) in [6, 6.07) is 4.86. The summed E-state index contributed by atoms with van der Waals surface area (Å²) >= 11 is 0. The Balaban J connectivity index is 1.77. The highest BCUT2D eigenvalue weighted by molar-refractivity contribution is 7.89. The Hall–Kier alpha value is -1.77. The van der Waals surface area contributed by atoms with Crippen molar-refractivity contribution in [3.8, 4) is 0 Å². The summed E-state index contributed by atoms with van der Waals surface area (Å²) in [6.07, 6.45) is 0.238. The third kappa shape index (κ3) is 3.09. The number of hydrogen-bond donors (Lipinski definition) is 0. The highest BCUT2D eigenvalue weighted by atomic mass is 32.2. The Morgan fingerprint density at radius 1 is 1.17 bits per heavy atom. The fourth-order valence-electron chi connectivity index (χ4n) is 3.20. The lowest BCUT2D eigenvalue weighted by Gasteiger charge is -2.33. The molecule has 3 rings (SSSR count). The van der Waals surface area contributed by atoms with Gasteiger partial charge in [-0.05, 0) is 30.7 Å². The van der Waals surface area contributed by atoms with Crippen molar-refractivity contribution in [2.75, 3.05) is 44.7 Å². The Kier molecular flexibility index (Phi) is 4.46. The number of likely N-dealkylation sites (N-methyl/N-ethyl adjacent to an activating group) is 1. The van der Waals surface area contributed by atoms with Gasteiger partial charge in [0.2, 0.25) is 15.9 Å². The van der Waals surface area contributed by atoms with E-state index in [9.17, 15) is 18.0 Å². The SMILES string of the molecule is CC(=O)CN1CCN(S(=O)(=O)c2ccc3c(c2)CC(=O)N3C)CC1. The lowest BCUT2D eigenvalue weighted by molar-refractivity contribution is -0.118. The van der Waals surface area contributed by atoms with Crippen LogP contribution in [-0.2, 0) is 26.0 Å². The zero-order valence-electron chi connectivity index (χ0n) is 13.9. The van der Waals surface area contributed by atoms with Crippen molar-refractivity contribution < 1.29 is 18.0 Å². The zero-order valence-corrected chi connectivity index (χ0v) is 14.7. The second-order valence-electron chi connectivity index (χ2n) is 6.30. The van der Waals surface area contributed by atoms with Gasteiger partial charge in [-0.3, -0.25) is 14.5 Å². The predicted molar refractivity (Wildman–Crippen MR) is 89.4 cm³/mol. The van der Waals surface area contributed by atoms with Gasteiger partial charge < -0.3 is 4.90 Å². The first-order valence-corrected chi connectivity index (χ1v) is 9.34. The summed E-state index contributed by atoms with van der Waals surface area (Å²) in [5.74, 6) is 0.0520. The van der Waals surface area contributed by atoms with Crippen molar-refractivity contribution in [3.05, 3.63) is 23.8 Å². The maximum Gasteiger partial charge on any atom is 0.243 e. The molecule has 2 aliphatic rings. The molecule has 0 aliphatic carbocycles. The van der Waals surface area contributed by atoms with E-state index < -0.39 is 10.0 Å². The number of sulfonamides is 1. The van der Waals surface area contributed by atoms with Crippen LogP contribution >= 0.6 is 0 Å². The monoisotopic (exact) mass is 351 g/mol. The number of carbonyl (C=O) groups is 2. The largest absolute Gasteiger partial charge is 0.315 e. The van der Waals surface area contributed by atoms with Gasteiger partial charge in [0.25, 0.3) is 0 Å². The average molecular weight is 351 g/mol. The minimum Gasteiger partial charge on any atom is -0.315 e. The summed E-state index contributed by atoms with van der Waals surface area (Å²) in [5.41, 5.74) is 1.52. The first-order valence-electron chi connectivity index (χ1n) is 7.90. The molecule has 7 nitrogen and oxygen atoms in total. The Labute approximate surface area is 141 Å². The zero-order chi connectivity index (χ0) is 17.5. The van der Waals surface area contributed by atoms with E-state index in [1.165, 1.54) is 11.2 Å². The maximum absolute atomic E-state index is 12.8. The molecule has 8 heteroatoms. The molecule has 130 valence electrons. The summed E-state index contributed by atoms with van der Waals surface area (Å²) < 4.78 is 27.1. The van der Waals surface area contributed by atoms with Gasteiger partial charge in [0, 0.05) is 38.9 Å². The number of Topliss-reactive ketones (excluding diaryl/α,β-unsaturated/α-hetero) is 1. The number of amides is 1. The highest BCUT2D eigenvalue weighted by Gasteiger charge is 2.31. The lowest BCUT2D eigenvalue weighted by Crippen LogP contribution is -2.49. The molecule has 0 N–H and O–H groups in total. The normalized spacial score (nSPS) is 19.6. The molecule has 2 aliphatic heterocycles. The van der Waals surface area contributed by atoms with Gasteiger partial charge in [-0.1, -0.05) is 0 Å². The van der Waals surface area contributed by atoms with Crippen molar-refractivity contribution in [2.24, 2.45) is 0 Å². The van der Waals surface area contributed by atoms with E-state index in [0.29, 0.717) is 32.7 Å². The molecule has 1 amide bonds. The molecule has 0 spiro atoms. The van der Waals surface area contributed by atoms with Crippen LogP contribution in [0.5, 0.6) is 0 Å². The third-order valence-corrected chi connectivity index (χ3v) is 6.44. The summed E-state index contributed by atoms with van der Waals surface area (Å²) in [7, 11) is -1.89. The van der Waals surface area contributed by atoms with Gasteiger partial charge in [-0.2, -0.15) is 4.31 Å². The lowest BCUT2D eigenvalue weighted by atomic mass is 10.2. The fourth-order valence-corrected chi connectivity index (χ4v) is 4.67. The van der Waals surface area contributed by atoms with Gasteiger partial charge >= 0.3 is 0 Å². The van der Waals surface area contributed by atoms with Crippen molar-refractivity contribution in [1.29, 1.82) is 0 Å². The topological polar surface area (TPSA) is 78.0 Å². The van der Waals surface area contributed by atoms with Crippen LogP contribution in [0.4, 0.5) is 5.69 Å². The fraction of sp³-hybridized carbons (Fsp3) is 0.500. The minimum atomic E-state index is -3.58. The van der Waals surface area contributed by atoms with E-state index in [0.717, 1.165) is 11.3 Å². The average Bonchev–Trinajstić information content (AvgIpc) is 2.81.